The molecule has 2 N–H and O–H groups in total. The highest BCUT2D eigenvalue weighted by Gasteiger charge is 2.66. The highest BCUT2D eigenvalue weighted by atomic mass is 28.4. The Bertz CT molecular complexity index is 1640. The predicted molar refractivity (Wildman–Crippen MR) is 180 cm³/mol. The number of benzene rings is 3. The molecule has 47 heavy (non-hydrogen) atoms. The first-order valence-corrected chi connectivity index (χ1v) is 19.2. The second-order valence-electron chi connectivity index (χ2n) is 13.3. The summed E-state index contributed by atoms with van der Waals surface area (Å²) in [5.74, 6) is -0.234. The maximum absolute atomic E-state index is 14.8. The molecule has 0 bridgehead atoms. The second-order valence-corrected chi connectivity index (χ2v) is 17.3. The largest absolute Gasteiger partial charge is 0.497 e. The molecular formula is C36H43N3O7Si. The van der Waals surface area contributed by atoms with Crippen molar-refractivity contribution in [2.24, 2.45) is 5.92 Å². The average molecular weight is 658 g/mol. The lowest BCUT2D eigenvalue weighted by Gasteiger charge is -2.33. The number of rotatable bonds is 11. The lowest BCUT2D eigenvalue weighted by atomic mass is 9.82. The van der Waals surface area contributed by atoms with E-state index in [-0.39, 0.29) is 43.8 Å². The normalized spacial score (nSPS) is 23.7. The van der Waals surface area contributed by atoms with E-state index in [0.717, 1.165) is 16.8 Å². The van der Waals surface area contributed by atoms with E-state index < -0.39 is 31.5 Å². The first-order valence-electron chi connectivity index (χ1n) is 16.2. The van der Waals surface area contributed by atoms with Gasteiger partial charge >= 0.3 is 0 Å². The average Bonchev–Trinajstić information content (AvgIpc) is 3.47. The number of methoxy groups -OCH3 is 1. The third kappa shape index (κ3) is 5.97. The van der Waals surface area contributed by atoms with Crippen LogP contribution in [0.3, 0.4) is 0 Å². The van der Waals surface area contributed by atoms with Crippen LogP contribution in [0.15, 0.2) is 72.8 Å². The monoisotopic (exact) mass is 657 g/mol. The van der Waals surface area contributed by atoms with Gasteiger partial charge < -0.3 is 34.1 Å². The number of nitrogens with zero attached hydrogens (tertiary/aromatic N) is 3. The number of hydrogen-bond donors (Lipinski definition) is 2. The molecule has 11 heteroatoms. The number of fused-ring (bicyclic) bond motifs is 2. The molecule has 1 spiro atoms. The smallest absolute Gasteiger partial charge is 0.264 e. The van der Waals surface area contributed by atoms with E-state index in [0.29, 0.717) is 36.5 Å². The zero-order valence-corrected chi connectivity index (χ0v) is 28.4. The van der Waals surface area contributed by atoms with Gasteiger partial charge in [-0.2, -0.15) is 0 Å². The number of carbonyl (C=O) groups excluding carboxylic acids is 3. The highest BCUT2D eigenvalue weighted by molar-refractivity contribution is 6.71. The Hall–Kier alpha value is -4.03. The minimum atomic E-state index is -3.01. The van der Waals surface area contributed by atoms with Crippen molar-refractivity contribution < 1.29 is 33.8 Å². The van der Waals surface area contributed by atoms with Crippen LogP contribution >= 0.6 is 0 Å². The van der Waals surface area contributed by atoms with Gasteiger partial charge in [-0.25, -0.2) is 0 Å². The maximum Gasteiger partial charge on any atom is 0.264 e. The molecule has 3 heterocycles. The summed E-state index contributed by atoms with van der Waals surface area (Å²) in [6, 6.07) is 22.8. The van der Waals surface area contributed by atoms with Crippen LogP contribution in [0.1, 0.15) is 36.5 Å². The van der Waals surface area contributed by atoms with Crippen molar-refractivity contribution in [2.75, 3.05) is 36.6 Å². The molecule has 3 aromatic rings. The Balaban J connectivity index is 1.33. The zero-order valence-electron chi connectivity index (χ0n) is 27.4. The lowest BCUT2D eigenvalue weighted by Crippen LogP contribution is -2.46. The zero-order chi connectivity index (χ0) is 33.5. The molecule has 0 aromatic heterocycles. The Morgan fingerprint density at radius 1 is 1.06 bits per heavy atom. The number of amides is 3. The first-order chi connectivity index (χ1) is 22.5. The van der Waals surface area contributed by atoms with E-state index >= 15 is 0 Å². The highest BCUT2D eigenvalue weighted by Crippen LogP contribution is 2.60. The van der Waals surface area contributed by atoms with Gasteiger partial charge in [-0.05, 0) is 54.6 Å². The molecular weight excluding hydrogens is 614 g/mol. The molecule has 10 nitrogen and oxygen atoms in total. The first kappa shape index (κ1) is 32.9. The van der Waals surface area contributed by atoms with Gasteiger partial charge in [0, 0.05) is 48.8 Å². The fraction of sp³-hybridized carbons (Fsp3) is 0.417. The number of carbonyl (C=O) groups is 3. The number of aliphatic hydroxyl groups is 1. The number of ether oxygens (including phenoxy) is 2. The van der Waals surface area contributed by atoms with Crippen molar-refractivity contribution >= 4 is 37.4 Å². The molecule has 248 valence electrons. The number of anilines is 2. The molecule has 6 rings (SSSR count). The summed E-state index contributed by atoms with van der Waals surface area (Å²) in [6.45, 7) is 6.88. The third-order valence-corrected chi connectivity index (χ3v) is 12.4. The van der Waals surface area contributed by atoms with E-state index in [4.69, 9.17) is 9.47 Å². The van der Waals surface area contributed by atoms with Crippen LogP contribution in [0.2, 0.25) is 18.6 Å². The summed E-state index contributed by atoms with van der Waals surface area (Å²) >= 11 is 0. The van der Waals surface area contributed by atoms with Gasteiger partial charge in [0.15, 0.2) is 13.9 Å². The van der Waals surface area contributed by atoms with Crippen LogP contribution in [0, 0.1) is 5.92 Å². The van der Waals surface area contributed by atoms with E-state index in [1.165, 1.54) is 0 Å². The Morgan fingerprint density at radius 2 is 1.79 bits per heavy atom. The van der Waals surface area contributed by atoms with Crippen LogP contribution in [-0.2, 0) is 37.8 Å². The third-order valence-electron chi connectivity index (χ3n) is 9.94. The van der Waals surface area contributed by atoms with Crippen molar-refractivity contribution in [3.05, 3.63) is 89.5 Å². The van der Waals surface area contributed by atoms with Crippen molar-refractivity contribution in [1.82, 2.24) is 4.90 Å². The van der Waals surface area contributed by atoms with Gasteiger partial charge in [0.05, 0.1) is 38.5 Å². The molecule has 2 saturated heterocycles. The molecule has 3 aromatic carbocycles. The van der Waals surface area contributed by atoms with Crippen LogP contribution < -0.4 is 14.5 Å². The fourth-order valence-electron chi connectivity index (χ4n) is 7.61. The standard InChI is InChI=1S/C36H43N3O7Si/c1-24-34(47(3,4)44)31(21-33(42)37(18-19-40)22-25-8-6-5-7-9-25)46-36(24)29-20-28(45-2)14-15-30(29)39(35(36)43)23-26-10-12-27(13-11-26)38-17-16-32(38)41/h5-15,20,24,31,34,40,44H,16-19,21-23H2,1-4H3/t24-,31+,34-,36+/m0/s1. The van der Waals surface area contributed by atoms with E-state index in [1.807, 2.05) is 92.8 Å². The molecule has 0 unspecified atom stereocenters. The predicted octanol–water partition coefficient (Wildman–Crippen LogP) is 4.19. The quantitative estimate of drug-likeness (QED) is 0.235. The summed E-state index contributed by atoms with van der Waals surface area (Å²) in [7, 11) is -1.43. The molecule has 0 saturated carbocycles. The molecule has 3 aliphatic rings. The van der Waals surface area contributed by atoms with E-state index in [1.54, 1.807) is 21.8 Å². The number of hydrogen-bond acceptors (Lipinski definition) is 7. The second kappa shape index (κ2) is 12.9. The Labute approximate surface area is 276 Å². The SMILES string of the molecule is COc1ccc2c(c1)[C@@]1(O[C@H](CC(=O)N(CCO)Cc3ccccc3)[C@@H]([Si](C)(C)O)[C@@H]1C)C(=O)N2Cc1ccc(N2CCC2=O)cc1. The fourth-order valence-corrected chi connectivity index (χ4v) is 10.2. The van der Waals surface area contributed by atoms with Gasteiger partial charge in [0.2, 0.25) is 11.8 Å². The van der Waals surface area contributed by atoms with Crippen molar-refractivity contribution in [1.29, 1.82) is 0 Å². The van der Waals surface area contributed by atoms with Crippen molar-refractivity contribution in [3.63, 3.8) is 0 Å². The van der Waals surface area contributed by atoms with Gasteiger partial charge in [-0.1, -0.05) is 49.4 Å². The molecule has 4 atom stereocenters. The van der Waals surface area contributed by atoms with Crippen molar-refractivity contribution in [3.8, 4) is 5.75 Å². The summed E-state index contributed by atoms with van der Waals surface area (Å²) < 4.78 is 12.5. The minimum absolute atomic E-state index is 0.0379. The van der Waals surface area contributed by atoms with E-state index in [9.17, 15) is 24.3 Å². The Morgan fingerprint density at radius 3 is 2.38 bits per heavy atom. The van der Waals surface area contributed by atoms with Crippen LogP contribution in [0.4, 0.5) is 11.4 Å². The van der Waals surface area contributed by atoms with Crippen molar-refractivity contribution in [2.45, 2.75) is 63.2 Å². The van der Waals surface area contributed by atoms with Gasteiger partial charge in [-0.3, -0.25) is 14.4 Å². The molecule has 0 radical (unpaired) electrons. The number of β-lactam (4-membered cyclic amide) rings is 1. The van der Waals surface area contributed by atoms with Crippen LogP contribution in [-0.4, -0.2) is 73.8 Å². The molecule has 3 amide bonds. The number of aliphatic hydroxyl groups excluding tert-OH is 1. The van der Waals surface area contributed by atoms with E-state index in [2.05, 4.69) is 0 Å². The molecule has 3 aliphatic heterocycles. The van der Waals surface area contributed by atoms with Crippen LogP contribution in [0.25, 0.3) is 0 Å². The van der Waals surface area contributed by atoms with Gasteiger partial charge in [0.1, 0.15) is 5.75 Å². The van der Waals surface area contributed by atoms with Crippen LogP contribution in [0.5, 0.6) is 5.75 Å². The summed E-state index contributed by atoms with van der Waals surface area (Å²) in [6.07, 6.45) is -0.209. The lowest BCUT2D eigenvalue weighted by molar-refractivity contribution is -0.150. The maximum atomic E-state index is 14.8. The topological polar surface area (TPSA) is 120 Å². The summed E-state index contributed by atoms with van der Waals surface area (Å²) in [5.41, 5.74) is 2.14. The summed E-state index contributed by atoms with van der Waals surface area (Å²) in [5, 5.41) is 9.79. The Kier molecular flexibility index (Phi) is 9.01. The summed E-state index contributed by atoms with van der Waals surface area (Å²) in [4.78, 5) is 57.3. The molecule has 2 fully saturated rings. The minimum Gasteiger partial charge on any atom is -0.497 e. The van der Waals surface area contributed by atoms with Gasteiger partial charge in [0.25, 0.3) is 5.91 Å². The van der Waals surface area contributed by atoms with Gasteiger partial charge in [-0.15, -0.1) is 0 Å². The molecule has 0 aliphatic carbocycles.